The first kappa shape index (κ1) is 25.0. The van der Waals surface area contributed by atoms with Crippen molar-refractivity contribution in [2.24, 2.45) is 4.99 Å². The lowest BCUT2D eigenvalue weighted by Gasteiger charge is -2.24. The third-order valence-electron chi connectivity index (χ3n) is 3.34. The lowest BCUT2D eigenvalue weighted by atomic mass is 10.1. The van der Waals surface area contributed by atoms with Crippen LogP contribution in [0.4, 0.5) is 4.79 Å². The Hall–Kier alpha value is -1.03. The van der Waals surface area contributed by atoms with Crippen LogP contribution < -0.4 is 16.0 Å². The Kier molecular flexibility index (Phi) is 12.7. The molecule has 0 saturated carbocycles. The minimum atomic E-state index is -0.492. The van der Waals surface area contributed by atoms with Crippen molar-refractivity contribution in [3.05, 3.63) is 22.4 Å². The lowest BCUT2D eigenvalue weighted by molar-refractivity contribution is 0.0502. The molecule has 150 valence electrons. The van der Waals surface area contributed by atoms with Crippen LogP contribution in [-0.4, -0.2) is 43.8 Å². The Labute approximate surface area is 178 Å². The quantitative estimate of drug-likeness (QED) is 0.291. The van der Waals surface area contributed by atoms with Gasteiger partial charge in [0.15, 0.2) is 5.96 Å². The zero-order chi connectivity index (χ0) is 18.7. The topological polar surface area (TPSA) is 74.8 Å². The van der Waals surface area contributed by atoms with Gasteiger partial charge in [0.2, 0.25) is 0 Å². The largest absolute Gasteiger partial charge is 0.444 e. The number of hydrogen-bond donors (Lipinski definition) is 3. The van der Waals surface area contributed by atoms with Crippen LogP contribution in [0, 0.1) is 0 Å². The molecule has 0 aromatic carbocycles. The molecule has 26 heavy (non-hydrogen) atoms. The Balaban J connectivity index is 0.00000625. The van der Waals surface area contributed by atoms with E-state index in [-0.39, 0.29) is 36.1 Å². The molecule has 0 aliphatic rings. The number of carbonyl (C=O) groups excluding carboxylic acids is 1. The van der Waals surface area contributed by atoms with Crippen molar-refractivity contribution in [1.29, 1.82) is 0 Å². The SMILES string of the molecule is CCCC(CNC(=NC)NCCc1cccs1)NC(=O)OC(C)(C)C.I. The van der Waals surface area contributed by atoms with Gasteiger partial charge in [-0.15, -0.1) is 35.3 Å². The fourth-order valence-corrected chi connectivity index (χ4v) is 2.96. The Morgan fingerprint density at radius 1 is 1.35 bits per heavy atom. The number of nitrogens with zero attached hydrogens (tertiary/aromatic N) is 1. The smallest absolute Gasteiger partial charge is 0.407 e. The van der Waals surface area contributed by atoms with Gasteiger partial charge >= 0.3 is 6.09 Å². The Morgan fingerprint density at radius 2 is 2.08 bits per heavy atom. The monoisotopic (exact) mass is 496 g/mol. The third-order valence-corrected chi connectivity index (χ3v) is 4.28. The van der Waals surface area contributed by atoms with E-state index in [0.29, 0.717) is 6.54 Å². The van der Waals surface area contributed by atoms with Crippen LogP contribution in [0.15, 0.2) is 22.5 Å². The summed E-state index contributed by atoms with van der Waals surface area (Å²) in [4.78, 5) is 17.5. The molecule has 8 heteroatoms. The summed E-state index contributed by atoms with van der Waals surface area (Å²) in [6.45, 7) is 9.10. The number of halogens is 1. The highest BCUT2D eigenvalue weighted by Crippen LogP contribution is 2.08. The number of amides is 1. The summed E-state index contributed by atoms with van der Waals surface area (Å²) in [6.07, 6.45) is 2.44. The first-order valence-electron chi connectivity index (χ1n) is 8.80. The highest BCUT2D eigenvalue weighted by molar-refractivity contribution is 14.0. The van der Waals surface area contributed by atoms with Gasteiger partial charge in [-0.2, -0.15) is 0 Å². The van der Waals surface area contributed by atoms with E-state index in [0.717, 1.165) is 31.8 Å². The summed E-state index contributed by atoms with van der Waals surface area (Å²) in [5.74, 6) is 0.739. The number of rotatable bonds is 8. The van der Waals surface area contributed by atoms with Gasteiger partial charge in [0.05, 0.1) is 0 Å². The zero-order valence-corrected chi connectivity index (χ0v) is 19.6. The van der Waals surface area contributed by atoms with Gasteiger partial charge in [0.25, 0.3) is 0 Å². The average molecular weight is 496 g/mol. The molecule has 0 radical (unpaired) electrons. The minimum absolute atomic E-state index is 0. The average Bonchev–Trinajstić information content (AvgIpc) is 3.02. The summed E-state index contributed by atoms with van der Waals surface area (Å²) in [7, 11) is 1.75. The molecule has 0 bridgehead atoms. The predicted octanol–water partition coefficient (Wildman–Crippen LogP) is 3.77. The van der Waals surface area contributed by atoms with Gasteiger partial charge < -0.3 is 20.7 Å². The molecule has 1 atom stereocenters. The maximum atomic E-state index is 12.0. The van der Waals surface area contributed by atoms with Crippen molar-refractivity contribution in [3.8, 4) is 0 Å². The maximum absolute atomic E-state index is 12.0. The lowest BCUT2D eigenvalue weighted by Crippen LogP contribution is -2.48. The van der Waals surface area contributed by atoms with E-state index >= 15 is 0 Å². The summed E-state index contributed by atoms with van der Waals surface area (Å²) in [5.41, 5.74) is -0.492. The number of guanidine groups is 1. The van der Waals surface area contributed by atoms with Crippen molar-refractivity contribution in [3.63, 3.8) is 0 Å². The third kappa shape index (κ3) is 11.6. The normalized spacial score (nSPS) is 12.7. The van der Waals surface area contributed by atoms with Gasteiger partial charge in [-0.1, -0.05) is 19.4 Å². The number of ether oxygens (including phenoxy) is 1. The van der Waals surface area contributed by atoms with E-state index in [1.54, 1.807) is 18.4 Å². The van der Waals surface area contributed by atoms with E-state index in [2.05, 4.69) is 45.4 Å². The number of aliphatic imine (C=N–C) groups is 1. The van der Waals surface area contributed by atoms with Crippen LogP contribution in [-0.2, 0) is 11.2 Å². The molecule has 1 aromatic heterocycles. The van der Waals surface area contributed by atoms with Gasteiger partial charge in [0.1, 0.15) is 5.60 Å². The van der Waals surface area contributed by atoms with Crippen LogP contribution in [0.5, 0.6) is 0 Å². The Bertz CT molecular complexity index is 530. The summed E-state index contributed by atoms with van der Waals surface area (Å²) < 4.78 is 5.33. The van der Waals surface area contributed by atoms with Crippen LogP contribution in [0.25, 0.3) is 0 Å². The van der Waals surface area contributed by atoms with Crippen LogP contribution in [0.1, 0.15) is 45.4 Å². The fourth-order valence-electron chi connectivity index (χ4n) is 2.25. The van der Waals surface area contributed by atoms with E-state index in [1.165, 1.54) is 4.88 Å². The molecule has 1 rings (SSSR count). The molecule has 0 aliphatic heterocycles. The molecular formula is C18H33IN4O2S. The van der Waals surface area contributed by atoms with Crippen LogP contribution in [0.2, 0.25) is 0 Å². The zero-order valence-electron chi connectivity index (χ0n) is 16.4. The van der Waals surface area contributed by atoms with Gasteiger partial charge in [0, 0.05) is 31.1 Å². The number of nitrogens with one attached hydrogen (secondary N) is 3. The predicted molar refractivity (Wildman–Crippen MR) is 121 cm³/mol. The highest BCUT2D eigenvalue weighted by atomic mass is 127. The van der Waals surface area contributed by atoms with E-state index in [4.69, 9.17) is 4.74 Å². The first-order valence-corrected chi connectivity index (χ1v) is 9.68. The second kappa shape index (κ2) is 13.2. The van der Waals surface area contributed by atoms with Gasteiger partial charge in [-0.25, -0.2) is 4.79 Å². The van der Waals surface area contributed by atoms with Crippen molar-refractivity contribution >= 4 is 47.4 Å². The van der Waals surface area contributed by atoms with Gasteiger partial charge in [-0.05, 0) is 45.1 Å². The molecule has 3 N–H and O–H groups in total. The fraction of sp³-hybridized carbons (Fsp3) is 0.667. The number of hydrogen-bond acceptors (Lipinski definition) is 4. The number of thiophene rings is 1. The Morgan fingerprint density at radius 3 is 2.62 bits per heavy atom. The standard InChI is InChI=1S/C18H32N4O2S.HI/c1-6-8-14(22-17(23)24-18(2,3)4)13-21-16(19-5)20-11-10-15-9-7-12-25-15;/h7,9,12,14H,6,8,10-11,13H2,1-5H3,(H,22,23)(H2,19,20,21);1H. The molecule has 1 heterocycles. The summed E-state index contributed by atoms with van der Waals surface area (Å²) in [6, 6.07) is 4.19. The summed E-state index contributed by atoms with van der Waals surface area (Å²) in [5, 5.41) is 11.6. The molecule has 0 saturated heterocycles. The molecular weight excluding hydrogens is 463 g/mol. The summed E-state index contributed by atoms with van der Waals surface area (Å²) >= 11 is 1.76. The maximum Gasteiger partial charge on any atom is 0.407 e. The van der Waals surface area contributed by atoms with Crippen molar-refractivity contribution < 1.29 is 9.53 Å². The van der Waals surface area contributed by atoms with E-state index in [9.17, 15) is 4.79 Å². The second-order valence-electron chi connectivity index (χ2n) is 6.84. The van der Waals surface area contributed by atoms with Crippen molar-refractivity contribution in [2.75, 3.05) is 20.1 Å². The van der Waals surface area contributed by atoms with Crippen LogP contribution >= 0.6 is 35.3 Å². The van der Waals surface area contributed by atoms with Gasteiger partial charge in [-0.3, -0.25) is 4.99 Å². The molecule has 1 unspecified atom stereocenters. The van der Waals surface area contributed by atoms with E-state index < -0.39 is 5.60 Å². The molecule has 6 nitrogen and oxygen atoms in total. The number of carbonyl (C=O) groups is 1. The van der Waals surface area contributed by atoms with E-state index in [1.807, 2.05) is 20.8 Å². The van der Waals surface area contributed by atoms with Crippen LogP contribution in [0.3, 0.4) is 0 Å². The molecule has 1 amide bonds. The second-order valence-corrected chi connectivity index (χ2v) is 7.87. The molecule has 0 aliphatic carbocycles. The number of alkyl carbamates (subject to hydrolysis) is 1. The van der Waals surface area contributed by atoms with Crippen molar-refractivity contribution in [1.82, 2.24) is 16.0 Å². The molecule has 0 fully saturated rings. The minimum Gasteiger partial charge on any atom is -0.444 e. The first-order chi connectivity index (χ1) is 11.8. The van der Waals surface area contributed by atoms with Crippen molar-refractivity contribution in [2.45, 2.75) is 58.6 Å². The molecule has 1 aromatic rings. The molecule has 0 spiro atoms. The highest BCUT2D eigenvalue weighted by Gasteiger charge is 2.19.